The molecule has 1 aliphatic rings. The van der Waals surface area contributed by atoms with Gasteiger partial charge in [0.2, 0.25) is 5.91 Å². The van der Waals surface area contributed by atoms with Crippen LogP contribution in [0.1, 0.15) is 26.2 Å². The number of carboxylic acid groups (broad SMARTS) is 1. The SMILES string of the molecule is CSC(C)C(=O)N[C@@H]1CCC[C@@H]1C(=O)O. The first-order valence-corrected chi connectivity index (χ1v) is 6.41. The van der Waals surface area contributed by atoms with Gasteiger partial charge in [-0.1, -0.05) is 6.42 Å². The smallest absolute Gasteiger partial charge is 0.308 e. The average molecular weight is 231 g/mol. The van der Waals surface area contributed by atoms with Gasteiger partial charge >= 0.3 is 5.97 Å². The molecule has 0 spiro atoms. The number of thioether (sulfide) groups is 1. The third-order valence-electron chi connectivity index (χ3n) is 2.88. The van der Waals surface area contributed by atoms with Crippen molar-refractivity contribution in [1.82, 2.24) is 5.32 Å². The Bertz CT molecular complexity index is 257. The van der Waals surface area contributed by atoms with E-state index in [0.717, 1.165) is 12.8 Å². The van der Waals surface area contributed by atoms with Gasteiger partial charge < -0.3 is 10.4 Å². The summed E-state index contributed by atoms with van der Waals surface area (Å²) < 4.78 is 0. The summed E-state index contributed by atoms with van der Waals surface area (Å²) in [7, 11) is 0. The molecule has 1 amide bonds. The zero-order chi connectivity index (χ0) is 11.4. The summed E-state index contributed by atoms with van der Waals surface area (Å²) in [5.41, 5.74) is 0. The fourth-order valence-corrected chi connectivity index (χ4v) is 2.12. The van der Waals surface area contributed by atoms with Crippen LogP contribution in [-0.2, 0) is 9.59 Å². The Labute approximate surface area is 93.8 Å². The second-order valence-corrected chi connectivity index (χ2v) is 5.05. The number of nitrogens with one attached hydrogen (secondary N) is 1. The van der Waals surface area contributed by atoms with Crippen LogP contribution in [0.15, 0.2) is 0 Å². The molecule has 0 aliphatic heterocycles. The first-order valence-electron chi connectivity index (χ1n) is 5.12. The van der Waals surface area contributed by atoms with Crippen molar-refractivity contribution in [3.63, 3.8) is 0 Å². The second-order valence-electron chi connectivity index (χ2n) is 3.87. The van der Waals surface area contributed by atoms with Gasteiger partial charge in [0.15, 0.2) is 0 Å². The Balaban J connectivity index is 2.50. The normalized spacial score (nSPS) is 27.3. The van der Waals surface area contributed by atoms with Crippen LogP contribution in [0, 0.1) is 5.92 Å². The summed E-state index contributed by atoms with van der Waals surface area (Å²) in [5.74, 6) is -1.25. The molecule has 0 aromatic heterocycles. The van der Waals surface area contributed by atoms with Gasteiger partial charge in [0.25, 0.3) is 0 Å². The third-order valence-corrected chi connectivity index (χ3v) is 3.80. The lowest BCUT2D eigenvalue weighted by Crippen LogP contribution is -2.43. The molecule has 3 atom stereocenters. The summed E-state index contributed by atoms with van der Waals surface area (Å²) in [4.78, 5) is 22.4. The molecule has 1 rings (SSSR count). The van der Waals surface area contributed by atoms with Crippen molar-refractivity contribution in [3.05, 3.63) is 0 Å². The average Bonchev–Trinajstić information content (AvgIpc) is 2.64. The van der Waals surface area contributed by atoms with Crippen LogP contribution in [0.4, 0.5) is 0 Å². The molecule has 4 nitrogen and oxygen atoms in total. The Kier molecular flexibility index (Phi) is 4.45. The van der Waals surface area contributed by atoms with Crippen molar-refractivity contribution >= 4 is 23.6 Å². The zero-order valence-electron chi connectivity index (χ0n) is 9.03. The van der Waals surface area contributed by atoms with Crippen LogP contribution >= 0.6 is 11.8 Å². The van der Waals surface area contributed by atoms with E-state index in [1.165, 1.54) is 11.8 Å². The van der Waals surface area contributed by atoms with Crippen molar-refractivity contribution in [2.75, 3.05) is 6.26 Å². The molecule has 0 heterocycles. The lowest BCUT2D eigenvalue weighted by atomic mass is 10.0. The molecule has 1 unspecified atom stereocenters. The molecule has 0 aromatic rings. The number of carbonyl (C=O) groups is 2. The van der Waals surface area contributed by atoms with E-state index in [2.05, 4.69) is 5.32 Å². The number of carbonyl (C=O) groups excluding carboxylic acids is 1. The number of aliphatic carboxylic acids is 1. The van der Waals surface area contributed by atoms with Crippen molar-refractivity contribution in [2.45, 2.75) is 37.5 Å². The lowest BCUT2D eigenvalue weighted by molar-refractivity contribution is -0.142. The van der Waals surface area contributed by atoms with Gasteiger partial charge in [0.1, 0.15) is 0 Å². The van der Waals surface area contributed by atoms with Gasteiger partial charge in [0.05, 0.1) is 11.2 Å². The highest BCUT2D eigenvalue weighted by atomic mass is 32.2. The quantitative estimate of drug-likeness (QED) is 0.760. The Morgan fingerprint density at radius 3 is 2.67 bits per heavy atom. The maximum Gasteiger partial charge on any atom is 0.308 e. The molecule has 0 radical (unpaired) electrons. The summed E-state index contributed by atoms with van der Waals surface area (Å²) in [6.07, 6.45) is 4.21. The maximum atomic E-state index is 11.6. The van der Waals surface area contributed by atoms with E-state index in [1.807, 2.05) is 13.2 Å². The minimum atomic E-state index is -0.797. The molecule has 86 valence electrons. The number of amides is 1. The predicted molar refractivity (Wildman–Crippen MR) is 59.9 cm³/mol. The standard InChI is InChI=1S/C10H17NO3S/c1-6(15-2)9(12)11-8-5-3-4-7(8)10(13)14/h6-8H,3-5H2,1-2H3,(H,11,12)(H,13,14)/t6?,7-,8+/m0/s1. The van der Waals surface area contributed by atoms with Gasteiger partial charge in [-0.3, -0.25) is 9.59 Å². The van der Waals surface area contributed by atoms with Gasteiger partial charge in [-0.15, -0.1) is 0 Å². The summed E-state index contributed by atoms with van der Waals surface area (Å²) >= 11 is 1.47. The Hall–Kier alpha value is -0.710. The topological polar surface area (TPSA) is 66.4 Å². The number of hydrogen-bond acceptors (Lipinski definition) is 3. The van der Waals surface area contributed by atoms with Crippen LogP contribution in [0.25, 0.3) is 0 Å². The van der Waals surface area contributed by atoms with Crippen molar-refractivity contribution in [3.8, 4) is 0 Å². The first-order chi connectivity index (χ1) is 7.06. The van der Waals surface area contributed by atoms with Gasteiger partial charge in [0, 0.05) is 6.04 Å². The molecule has 1 fully saturated rings. The lowest BCUT2D eigenvalue weighted by Gasteiger charge is -2.19. The van der Waals surface area contributed by atoms with Crippen LogP contribution in [0.5, 0.6) is 0 Å². The molecule has 1 saturated carbocycles. The van der Waals surface area contributed by atoms with Crippen LogP contribution < -0.4 is 5.32 Å². The van der Waals surface area contributed by atoms with Gasteiger partial charge in [-0.05, 0) is 26.0 Å². The van der Waals surface area contributed by atoms with E-state index in [1.54, 1.807) is 0 Å². The Morgan fingerprint density at radius 2 is 2.13 bits per heavy atom. The zero-order valence-corrected chi connectivity index (χ0v) is 9.84. The molecule has 0 aromatic carbocycles. The maximum absolute atomic E-state index is 11.6. The summed E-state index contributed by atoms with van der Waals surface area (Å²) in [5, 5.41) is 11.6. The van der Waals surface area contributed by atoms with Gasteiger partial charge in [-0.25, -0.2) is 0 Å². The third kappa shape index (κ3) is 3.12. The molecule has 15 heavy (non-hydrogen) atoms. The molecule has 1 aliphatic carbocycles. The fraction of sp³-hybridized carbons (Fsp3) is 0.800. The van der Waals surface area contributed by atoms with E-state index < -0.39 is 11.9 Å². The van der Waals surface area contributed by atoms with E-state index in [-0.39, 0.29) is 17.2 Å². The molecule has 0 saturated heterocycles. The predicted octanol–water partition coefficient (Wildman–Crippen LogP) is 1.11. The largest absolute Gasteiger partial charge is 0.481 e. The number of carboxylic acids is 1. The highest BCUT2D eigenvalue weighted by Crippen LogP contribution is 2.26. The number of rotatable bonds is 4. The highest BCUT2D eigenvalue weighted by molar-refractivity contribution is 7.99. The van der Waals surface area contributed by atoms with Crippen LogP contribution in [0.3, 0.4) is 0 Å². The summed E-state index contributed by atoms with van der Waals surface area (Å²) in [6, 6.07) is -0.176. The van der Waals surface area contributed by atoms with Gasteiger partial charge in [-0.2, -0.15) is 11.8 Å². The van der Waals surface area contributed by atoms with Crippen molar-refractivity contribution in [2.24, 2.45) is 5.92 Å². The molecular weight excluding hydrogens is 214 g/mol. The minimum Gasteiger partial charge on any atom is -0.481 e. The Morgan fingerprint density at radius 1 is 1.47 bits per heavy atom. The second kappa shape index (κ2) is 5.39. The summed E-state index contributed by atoms with van der Waals surface area (Å²) in [6.45, 7) is 1.82. The molecule has 5 heteroatoms. The fourth-order valence-electron chi connectivity index (χ4n) is 1.84. The van der Waals surface area contributed by atoms with Crippen molar-refractivity contribution in [1.29, 1.82) is 0 Å². The minimum absolute atomic E-state index is 0.0550. The van der Waals surface area contributed by atoms with E-state index in [4.69, 9.17) is 5.11 Å². The molecule has 2 N–H and O–H groups in total. The van der Waals surface area contributed by atoms with E-state index in [0.29, 0.717) is 6.42 Å². The van der Waals surface area contributed by atoms with E-state index >= 15 is 0 Å². The van der Waals surface area contributed by atoms with Crippen LogP contribution in [-0.4, -0.2) is 34.5 Å². The molecular formula is C10H17NO3S. The van der Waals surface area contributed by atoms with Crippen LogP contribution in [0.2, 0.25) is 0 Å². The van der Waals surface area contributed by atoms with E-state index in [9.17, 15) is 9.59 Å². The first kappa shape index (κ1) is 12.4. The van der Waals surface area contributed by atoms with Crippen molar-refractivity contribution < 1.29 is 14.7 Å². The molecule has 0 bridgehead atoms. The monoisotopic (exact) mass is 231 g/mol. The highest BCUT2D eigenvalue weighted by Gasteiger charge is 2.34. The number of hydrogen-bond donors (Lipinski definition) is 2.